The molecule has 7 heteroatoms. The lowest BCUT2D eigenvalue weighted by Crippen LogP contribution is -2.13. The van der Waals surface area contributed by atoms with E-state index in [0.29, 0.717) is 29.4 Å². The number of ether oxygens (including phenoxy) is 2. The summed E-state index contributed by atoms with van der Waals surface area (Å²) in [5, 5.41) is 5.02. The van der Waals surface area contributed by atoms with Crippen LogP contribution in [0.1, 0.15) is 24.2 Å². The van der Waals surface area contributed by atoms with Crippen LogP contribution in [-0.4, -0.2) is 25.5 Å². The van der Waals surface area contributed by atoms with Crippen LogP contribution in [0.25, 0.3) is 0 Å². The molecular weight excluding hydrogens is 327 g/mol. The van der Waals surface area contributed by atoms with E-state index in [1.165, 1.54) is 32.2 Å². The molecule has 2 aromatic rings. The molecule has 0 aliphatic heterocycles. The summed E-state index contributed by atoms with van der Waals surface area (Å²) in [6.45, 7) is 3.53. The first-order valence-corrected chi connectivity index (χ1v) is 7.64. The van der Waals surface area contributed by atoms with Gasteiger partial charge in [-0.25, -0.2) is 4.39 Å². The highest BCUT2D eigenvalue weighted by Crippen LogP contribution is 2.28. The Morgan fingerprint density at radius 3 is 2.48 bits per heavy atom. The average Bonchev–Trinajstić information content (AvgIpc) is 2.57. The highest BCUT2D eigenvalue weighted by atomic mass is 19.1. The molecule has 6 nitrogen and oxygen atoms in total. The molecule has 2 rings (SSSR count). The summed E-state index contributed by atoms with van der Waals surface area (Å²) in [6.07, 6.45) is 0. The minimum atomic E-state index is -0.587. The van der Waals surface area contributed by atoms with Crippen LogP contribution in [-0.2, 0) is 4.79 Å². The molecule has 0 unspecified atom stereocenters. The second-order valence-corrected chi connectivity index (χ2v) is 5.13. The topological polar surface area (TPSA) is 76.7 Å². The van der Waals surface area contributed by atoms with Crippen molar-refractivity contribution in [3.8, 4) is 11.5 Å². The van der Waals surface area contributed by atoms with Crippen molar-refractivity contribution in [1.29, 1.82) is 0 Å². The van der Waals surface area contributed by atoms with Crippen LogP contribution in [0.15, 0.2) is 36.4 Å². The van der Waals surface area contributed by atoms with Gasteiger partial charge < -0.3 is 20.1 Å². The molecule has 2 amide bonds. The molecule has 0 bridgehead atoms. The summed E-state index contributed by atoms with van der Waals surface area (Å²) in [5.74, 6) is -0.414. The Kier molecular flexibility index (Phi) is 5.94. The maximum Gasteiger partial charge on any atom is 0.255 e. The van der Waals surface area contributed by atoms with Crippen molar-refractivity contribution in [2.45, 2.75) is 13.8 Å². The maximum absolute atomic E-state index is 13.7. The Hall–Kier alpha value is -3.09. The quantitative estimate of drug-likeness (QED) is 0.840. The molecule has 25 heavy (non-hydrogen) atoms. The molecule has 0 spiro atoms. The van der Waals surface area contributed by atoms with E-state index in [0.717, 1.165) is 0 Å². The molecular formula is C18H19FN2O4. The van der Waals surface area contributed by atoms with Crippen molar-refractivity contribution in [3.63, 3.8) is 0 Å². The van der Waals surface area contributed by atoms with E-state index in [1.54, 1.807) is 18.2 Å². The third-order valence-electron chi connectivity index (χ3n) is 3.26. The minimum absolute atomic E-state index is 0.00460. The highest BCUT2D eigenvalue weighted by molar-refractivity contribution is 6.05. The zero-order chi connectivity index (χ0) is 18.4. The molecule has 2 N–H and O–H groups in total. The van der Waals surface area contributed by atoms with Crippen LogP contribution >= 0.6 is 0 Å². The van der Waals surface area contributed by atoms with E-state index in [1.807, 2.05) is 6.92 Å². The van der Waals surface area contributed by atoms with Crippen LogP contribution in [0.4, 0.5) is 15.8 Å². The molecule has 0 radical (unpaired) electrons. The molecule has 0 heterocycles. The molecule has 0 aromatic heterocycles. The third-order valence-corrected chi connectivity index (χ3v) is 3.26. The zero-order valence-corrected chi connectivity index (χ0v) is 14.2. The van der Waals surface area contributed by atoms with Crippen molar-refractivity contribution < 1.29 is 23.5 Å². The Bertz CT molecular complexity index is 793. The van der Waals surface area contributed by atoms with Crippen LogP contribution in [0.5, 0.6) is 11.5 Å². The van der Waals surface area contributed by atoms with E-state index < -0.39 is 17.6 Å². The number of methoxy groups -OCH3 is 1. The van der Waals surface area contributed by atoms with Gasteiger partial charge in [0.2, 0.25) is 5.91 Å². The SMILES string of the molecule is CCOc1cc(C(=O)Nc2ccc(F)c(NC(C)=O)c2)ccc1OC. The fourth-order valence-corrected chi connectivity index (χ4v) is 2.18. The van der Waals surface area contributed by atoms with Gasteiger partial charge in [0, 0.05) is 18.2 Å². The van der Waals surface area contributed by atoms with Crippen molar-refractivity contribution in [3.05, 3.63) is 47.8 Å². The van der Waals surface area contributed by atoms with E-state index in [4.69, 9.17) is 9.47 Å². The summed E-state index contributed by atoms with van der Waals surface area (Å²) in [7, 11) is 1.51. The number of nitrogens with one attached hydrogen (secondary N) is 2. The number of carbonyl (C=O) groups is 2. The number of halogens is 1. The van der Waals surface area contributed by atoms with Gasteiger partial charge in [0.1, 0.15) is 5.82 Å². The summed E-state index contributed by atoms with van der Waals surface area (Å²) in [5.41, 5.74) is 0.702. The first kappa shape index (κ1) is 18.3. The smallest absolute Gasteiger partial charge is 0.255 e. The standard InChI is InChI=1S/C18H19FN2O4/c1-4-25-17-9-12(5-8-16(17)24-3)18(23)21-13-6-7-14(19)15(10-13)20-11(2)22/h5-10H,4H2,1-3H3,(H,20,22)(H,21,23). The number of hydrogen-bond donors (Lipinski definition) is 2. The van der Waals surface area contributed by atoms with Gasteiger partial charge >= 0.3 is 0 Å². The van der Waals surface area contributed by atoms with E-state index in [9.17, 15) is 14.0 Å². The number of carbonyl (C=O) groups excluding carboxylic acids is 2. The van der Waals surface area contributed by atoms with Gasteiger partial charge in [0.05, 0.1) is 19.4 Å². The summed E-state index contributed by atoms with van der Waals surface area (Å²) >= 11 is 0. The van der Waals surface area contributed by atoms with E-state index in [2.05, 4.69) is 10.6 Å². The van der Waals surface area contributed by atoms with Gasteiger partial charge in [-0.3, -0.25) is 9.59 Å². The minimum Gasteiger partial charge on any atom is -0.493 e. The first-order valence-electron chi connectivity index (χ1n) is 7.64. The lowest BCUT2D eigenvalue weighted by molar-refractivity contribution is -0.114. The molecule has 0 aliphatic carbocycles. The number of benzene rings is 2. The number of hydrogen-bond acceptors (Lipinski definition) is 4. The lowest BCUT2D eigenvalue weighted by atomic mass is 10.1. The molecule has 0 aliphatic rings. The number of anilines is 2. The first-order chi connectivity index (χ1) is 11.9. The summed E-state index contributed by atoms with van der Waals surface area (Å²) in [4.78, 5) is 23.5. The fraction of sp³-hybridized carbons (Fsp3) is 0.222. The molecule has 132 valence electrons. The van der Waals surface area contributed by atoms with E-state index >= 15 is 0 Å². The Labute approximate surface area is 144 Å². The molecule has 0 saturated heterocycles. The number of rotatable bonds is 6. The van der Waals surface area contributed by atoms with Gasteiger partial charge in [-0.05, 0) is 43.3 Å². The van der Waals surface area contributed by atoms with Gasteiger partial charge in [0.25, 0.3) is 5.91 Å². The normalized spacial score (nSPS) is 10.1. The van der Waals surface area contributed by atoms with Crippen molar-refractivity contribution in [1.82, 2.24) is 0 Å². The third kappa shape index (κ3) is 4.69. The lowest BCUT2D eigenvalue weighted by Gasteiger charge is -2.12. The molecule has 0 saturated carbocycles. The Morgan fingerprint density at radius 2 is 1.84 bits per heavy atom. The summed E-state index contributed by atoms with van der Waals surface area (Å²) in [6, 6.07) is 8.71. The van der Waals surface area contributed by atoms with Gasteiger partial charge in [-0.2, -0.15) is 0 Å². The Balaban J connectivity index is 2.22. The average molecular weight is 346 g/mol. The molecule has 2 aromatic carbocycles. The fourth-order valence-electron chi connectivity index (χ4n) is 2.18. The summed E-state index contributed by atoms with van der Waals surface area (Å²) < 4.78 is 24.3. The van der Waals surface area contributed by atoms with Gasteiger partial charge in [-0.15, -0.1) is 0 Å². The predicted molar refractivity (Wildman–Crippen MR) is 92.8 cm³/mol. The van der Waals surface area contributed by atoms with Crippen LogP contribution in [0.2, 0.25) is 0 Å². The van der Waals surface area contributed by atoms with Gasteiger partial charge in [0.15, 0.2) is 11.5 Å². The van der Waals surface area contributed by atoms with Crippen LogP contribution < -0.4 is 20.1 Å². The monoisotopic (exact) mass is 346 g/mol. The molecule has 0 atom stereocenters. The van der Waals surface area contributed by atoms with Crippen LogP contribution in [0, 0.1) is 5.82 Å². The zero-order valence-electron chi connectivity index (χ0n) is 14.2. The number of amides is 2. The maximum atomic E-state index is 13.7. The highest BCUT2D eigenvalue weighted by Gasteiger charge is 2.13. The molecule has 0 fully saturated rings. The van der Waals surface area contributed by atoms with E-state index in [-0.39, 0.29) is 5.69 Å². The van der Waals surface area contributed by atoms with Crippen molar-refractivity contribution in [2.75, 3.05) is 24.4 Å². The van der Waals surface area contributed by atoms with Crippen molar-refractivity contribution in [2.24, 2.45) is 0 Å². The second-order valence-electron chi connectivity index (χ2n) is 5.13. The second kappa shape index (κ2) is 8.14. The van der Waals surface area contributed by atoms with Crippen LogP contribution in [0.3, 0.4) is 0 Å². The Morgan fingerprint density at radius 1 is 1.08 bits per heavy atom. The van der Waals surface area contributed by atoms with Crippen molar-refractivity contribution >= 4 is 23.2 Å². The van der Waals surface area contributed by atoms with Gasteiger partial charge in [-0.1, -0.05) is 0 Å². The predicted octanol–water partition coefficient (Wildman–Crippen LogP) is 3.44. The largest absolute Gasteiger partial charge is 0.493 e.